The largest absolute Gasteiger partial charge is 0.286 e. The third-order valence-electron chi connectivity index (χ3n) is 2.25. The highest BCUT2D eigenvalue weighted by molar-refractivity contribution is 5.78. The molecule has 0 spiro atoms. The van der Waals surface area contributed by atoms with E-state index < -0.39 is 0 Å². The van der Waals surface area contributed by atoms with Gasteiger partial charge in [0.2, 0.25) is 0 Å². The van der Waals surface area contributed by atoms with Gasteiger partial charge in [0.15, 0.2) is 0 Å². The van der Waals surface area contributed by atoms with Crippen molar-refractivity contribution in [3.05, 3.63) is 42.0 Å². The number of hydrogen-bond acceptors (Lipinski definition) is 1. The van der Waals surface area contributed by atoms with Gasteiger partial charge in [0.1, 0.15) is 0 Å². The van der Waals surface area contributed by atoms with Crippen LogP contribution in [0.1, 0.15) is 18.1 Å². The second-order valence-electron chi connectivity index (χ2n) is 3.55. The summed E-state index contributed by atoms with van der Waals surface area (Å²) in [5.74, 6) is 0. The first-order valence-corrected chi connectivity index (χ1v) is 4.54. The molecule has 2 rings (SSSR count). The number of aliphatic imine (C=N–C) groups is 1. The lowest BCUT2D eigenvalue weighted by molar-refractivity contribution is 0.966. The van der Waals surface area contributed by atoms with Gasteiger partial charge in [0.05, 0.1) is 6.04 Å². The fourth-order valence-electron chi connectivity index (χ4n) is 1.33. The van der Waals surface area contributed by atoms with E-state index in [-0.39, 0.29) is 0 Å². The summed E-state index contributed by atoms with van der Waals surface area (Å²) in [6, 6.07) is 9.05. The summed E-state index contributed by atoms with van der Waals surface area (Å²) in [5, 5.41) is 0. The van der Waals surface area contributed by atoms with Gasteiger partial charge >= 0.3 is 0 Å². The third kappa shape index (κ3) is 2.05. The molecule has 13 heavy (non-hydrogen) atoms. The lowest BCUT2D eigenvalue weighted by atomic mass is 10.0. The molecule has 1 heterocycles. The Morgan fingerprint density at radius 2 is 2.00 bits per heavy atom. The van der Waals surface area contributed by atoms with E-state index in [1.165, 1.54) is 11.1 Å². The van der Waals surface area contributed by atoms with Crippen molar-refractivity contribution >= 4 is 11.8 Å². The molecular formula is C12H13N. The molecular weight excluding hydrogens is 158 g/mol. The average molecular weight is 171 g/mol. The van der Waals surface area contributed by atoms with E-state index >= 15 is 0 Å². The summed E-state index contributed by atoms with van der Waals surface area (Å²) in [4.78, 5) is 4.11. The molecule has 1 heteroatoms. The first-order chi connectivity index (χ1) is 6.25. The van der Waals surface area contributed by atoms with E-state index in [9.17, 15) is 0 Å². The number of benzene rings is 1. The lowest BCUT2D eigenvalue weighted by Gasteiger charge is -2.01. The standard InChI is InChI=1S/C12H13N/c1-9(2)11-5-3-10(4-6-11)7-12-8-13-12/h3-6,8,12H,1,7H2,2H3. The van der Waals surface area contributed by atoms with Crippen molar-refractivity contribution in [2.24, 2.45) is 4.99 Å². The van der Waals surface area contributed by atoms with Crippen LogP contribution >= 0.6 is 0 Å². The Bertz CT molecular complexity index is 340. The Morgan fingerprint density at radius 3 is 2.46 bits per heavy atom. The summed E-state index contributed by atoms with van der Waals surface area (Å²) in [6.45, 7) is 5.93. The van der Waals surface area contributed by atoms with E-state index in [0.29, 0.717) is 6.04 Å². The van der Waals surface area contributed by atoms with Crippen LogP contribution in [0.25, 0.3) is 5.57 Å². The van der Waals surface area contributed by atoms with Crippen LogP contribution in [0.4, 0.5) is 0 Å². The highest BCUT2D eigenvalue weighted by Gasteiger charge is 2.12. The molecule has 0 saturated heterocycles. The van der Waals surface area contributed by atoms with Gasteiger partial charge in [0, 0.05) is 6.21 Å². The zero-order valence-electron chi connectivity index (χ0n) is 7.83. The molecule has 1 aliphatic heterocycles. The fraction of sp³-hybridized carbons (Fsp3) is 0.250. The van der Waals surface area contributed by atoms with Crippen LogP contribution in [0.5, 0.6) is 0 Å². The first-order valence-electron chi connectivity index (χ1n) is 4.54. The van der Waals surface area contributed by atoms with E-state index in [2.05, 4.69) is 35.8 Å². The van der Waals surface area contributed by atoms with Crippen LogP contribution < -0.4 is 0 Å². The smallest absolute Gasteiger partial charge is 0.0883 e. The summed E-state index contributed by atoms with van der Waals surface area (Å²) < 4.78 is 0. The van der Waals surface area contributed by atoms with Crippen LogP contribution in [-0.4, -0.2) is 12.3 Å². The molecule has 1 nitrogen and oxygen atoms in total. The Morgan fingerprint density at radius 1 is 1.38 bits per heavy atom. The topological polar surface area (TPSA) is 12.4 Å². The normalized spacial score (nSPS) is 18.7. The molecule has 1 unspecified atom stereocenters. The minimum Gasteiger partial charge on any atom is -0.286 e. The Labute approximate surface area is 78.8 Å². The maximum atomic E-state index is 4.11. The molecule has 0 amide bonds. The first kappa shape index (κ1) is 8.24. The molecule has 0 bridgehead atoms. The van der Waals surface area contributed by atoms with Gasteiger partial charge in [-0.05, 0) is 24.5 Å². The molecule has 1 atom stereocenters. The predicted molar refractivity (Wildman–Crippen MR) is 57.1 cm³/mol. The quantitative estimate of drug-likeness (QED) is 0.663. The number of nitrogens with zero attached hydrogens (tertiary/aromatic N) is 1. The average Bonchev–Trinajstić information content (AvgIpc) is 2.89. The van der Waals surface area contributed by atoms with Gasteiger partial charge < -0.3 is 0 Å². The van der Waals surface area contributed by atoms with Crippen LogP contribution in [0.2, 0.25) is 0 Å². The van der Waals surface area contributed by atoms with Gasteiger partial charge in [-0.25, -0.2) is 0 Å². The van der Waals surface area contributed by atoms with Crippen molar-refractivity contribution in [2.75, 3.05) is 0 Å². The summed E-state index contributed by atoms with van der Waals surface area (Å²) in [7, 11) is 0. The minimum absolute atomic E-state index is 0.482. The van der Waals surface area contributed by atoms with Crippen molar-refractivity contribution in [2.45, 2.75) is 19.4 Å². The van der Waals surface area contributed by atoms with E-state index in [1.54, 1.807) is 0 Å². The summed E-state index contributed by atoms with van der Waals surface area (Å²) in [6.07, 6.45) is 3.04. The second kappa shape index (κ2) is 3.17. The van der Waals surface area contributed by atoms with Crippen molar-refractivity contribution in [3.8, 4) is 0 Å². The number of allylic oxidation sites excluding steroid dienone is 1. The van der Waals surface area contributed by atoms with Gasteiger partial charge in [0.25, 0.3) is 0 Å². The lowest BCUT2D eigenvalue weighted by Crippen LogP contribution is -1.94. The van der Waals surface area contributed by atoms with Crippen molar-refractivity contribution < 1.29 is 0 Å². The van der Waals surface area contributed by atoms with Gasteiger partial charge in [-0.1, -0.05) is 36.4 Å². The van der Waals surface area contributed by atoms with E-state index in [4.69, 9.17) is 0 Å². The maximum Gasteiger partial charge on any atom is 0.0883 e. The zero-order valence-corrected chi connectivity index (χ0v) is 7.83. The highest BCUT2D eigenvalue weighted by Crippen LogP contribution is 2.15. The minimum atomic E-state index is 0.482. The zero-order chi connectivity index (χ0) is 9.26. The van der Waals surface area contributed by atoms with Crippen LogP contribution in [0.15, 0.2) is 35.8 Å². The second-order valence-corrected chi connectivity index (χ2v) is 3.55. The Kier molecular flexibility index (Phi) is 2.01. The van der Waals surface area contributed by atoms with Gasteiger partial charge in [-0.3, -0.25) is 4.99 Å². The SMILES string of the molecule is C=C(C)c1ccc(CC2C=N2)cc1. The maximum absolute atomic E-state index is 4.11. The number of hydrogen-bond donors (Lipinski definition) is 0. The van der Waals surface area contributed by atoms with Crippen molar-refractivity contribution in [1.82, 2.24) is 0 Å². The molecule has 0 aromatic heterocycles. The Balaban J connectivity index is 2.08. The summed E-state index contributed by atoms with van der Waals surface area (Å²) >= 11 is 0. The van der Waals surface area contributed by atoms with Crippen molar-refractivity contribution in [3.63, 3.8) is 0 Å². The van der Waals surface area contributed by atoms with E-state index in [1.807, 2.05) is 13.1 Å². The molecule has 0 saturated carbocycles. The Hall–Kier alpha value is -1.37. The molecule has 0 aliphatic carbocycles. The molecule has 0 radical (unpaired) electrons. The molecule has 0 fully saturated rings. The third-order valence-corrected chi connectivity index (χ3v) is 2.25. The van der Waals surface area contributed by atoms with Gasteiger partial charge in [-0.15, -0.1) is 0 Å². The monoisotopic (exact) mass is 171 g/mol. The molecule has 1 aromatic rings. The van der Waals surface area contributed by atoms with E-state index in [0.717, 1.165) is 12.0 Å². The fourth-order valence-corrected chi connectivity index (χ4v) is 1.33. The molecule has 1 aromatic carbocycles. The summed E-state index contributed by atoms with van der Waals surface area (Å²) in [5.41, 5.74) is 3.70. The number of rotatable bonds is 3. The predicted octanol–water partition coefficient (Wildman–Crippen LogP) is 2.72. The molecule has 66 valence electrons. The highest BCUT2D eigenvalue weighted by atomic mass is 14.9. The molecule has 1 aliphatic rings. The van der Waals surface area contributed by atoms with Gasteiger partial charge in [-0.2, -0.15) is 0 Å². The molecule has 0 N–H and O–H groups in total. The van der Waals surface area contributed by atoms with Crippen molar-refractivity contribution in [1.29, 1.82) is 0 Å². The van der Waals surface area contributed by atoms with Crippen LogP contribution in [0, 0.1) is 0 Å². The van der Waals surface area contributed by atoms with Crippen LogP contribution in [0.3, 0.4) is 0 Å². The van der Waals surface area contributed by atoms with Crippen LogP contribution in [-0.2, 0) is 6.42 Å².